The van der Waals surface area contributed by atoms with Crippen molar-refractivity contribution < 1.29 is 13.5 Å². The molecular weight excluding hydrogens is 412 g/mol. The number of nitrogens with zero attached hydrogens (tertiary/aromatic N) is 4. The van der Waals surface area contributed by atoms with Gasteiger partial charge in [0.05, 0.1) is 11.4 Å². The number of hydrogen-bond acceptors (Lipinski definition) is 6. The van der Waals surface area contributed by atoms with Crippen molar-refractivity contribution in [2.75, 3.05) is 6.61 Å². The maximum absolute atomic E-state index is 13.3. The topological polar surface area (TPSA) is 98.0 Å². The number of halogens is 1. The average molecular weight is 435 g/mol. The fraction of sp³-hybridized carbons (Fsp3) is 0.350. The molecule has 1 unspecified atom stereocenters. The molecule has 1 N–H and O–H groups in total. The summed E-state index contributed by atoms with van der Waals surface area (Å²) in [5.74, 6) is 0.180. The number of aliphatic hydroxyl groups is 1. The van der Waals surface area contributed by atoms with Gasteiger partial charge in [-0.25, -0.2) is 8.42 Å². The Balaban J connectivity index is 1.86. The van der Waals surface area contributed by atoms with Crippen molar-refractivity contribution in [3.05, 3.63) is 71.0 Å². The first-order valence-corrected chi connectivity index (χ1v) is 11.3. The Bertz CT molecular complexity index is 1010. The molecule has 0 spiro atoms. The minimum Gasteiger partial charge on any atom is -0.396 e. The van der Waals surface area contributed by atoms with Gasteiger partial charge < -0.3 is 5.11 Å². The van der Waals surface area contributed by atoms with Crippen LogP contribution in [0.15, 0.2) is 59.5 Å². The largest absolute Gasteiger partial charge is 0.396 e. The van der Waals surface area contributed by atoms with Crippen LogP contribution in [0, 0.1) is 0 Å². The number of tetrazole rings is 1. The van der Waals surface area contributed by atoms with Crippen LogP contribution in [0.4, 0.5) is 0 Å². The molecule has 3 aromatic rings. The maximum atomic E-state index is 13.3. The number of benzene rings is 2. The second kappa shape index (κ2) is 9.96. The van der Waals surface area contributed by atoms with Crippen LogP contribution in [-0.4, -0.2) is 40.3 Å². The van der Waals surface area contributed by atoms with Crippen molar-refractivity contribution in [1.29, 1.82) is 0 Å². The zero-order valence-corrected chi connectivity index (χ0v) is 17.4. The van der Waals surface area contributed by atoms with E-state index in [9.17, 15) is 8.42 Å². The SMILES string of the molecule is O=S(=O)(c1ccc(Cl)cc1)C(CCCCCO)c1nnn(Cc2ccccc2)n1. The minimum atomic E-state index is -3.72. The highest BCUT2D eigenvalue weighted by molar-refractivity contribution is 7.91. The number of sulfone groups is 1. The van der Waals surface area contributed by atoms with Gasteiger partial charge in [0.2, 0.25) is 0 Å². The summed E-state index contributed by atoms with van der Waals surface area (Å²) in [6.45, 7) is 0.492. The molecule has 0 amide bonds. The summed E-state index contributed by atoms with van der Waals surface area (Å²) in [6.07, 6.45) is 2.33. The van der Waals surface area contributed by atoms with Gasteiger partial charge in [0.25, 0.3) is 0 Å². The van der Waals surface area contributed by atoms with E-state index in [1.807, 2.05) is 30.3 Å². The van der Waals surface area contributed by atoms with Gasteiger partial charge in [-0.1, -0.05) is 54.8 Å². The summed E-state index contributed by atoms with van der Waals surface area (Å²) in [7, 11) is -3.72. The van der Waals surface area contributed by atoms with E-state index in [2.05, 4.69) is 15.4 Å². The Morgan fingerprint density at radius 1 is 1.00 bits per heavy atom. The number of rotatable bonds is 10. The van der Waals surface area contributed by atoms with E-state index >= 15 is 0 Å². The Kier molecular flexibility index (Phi) is 7.35. The van der Waals surface area contributed by atoms with Gasteiger partial charge in [-0.2, -0.15) is 4.80 Å². The molecule has 0 fully saturated rings. The van der Waals surface area contributed by atoms with Crippen molar-refractivity contribution in [1.82, 2.24) is 20.2 Å². The normalized spacial score (nSPS) is 12.8. The Morgan fingerprint density at radius 2 is 1.72 bits per heavy atom. The molecule has 3 rings (SSSR count). The van der Waals surface area contributed by atoms with Crippen LogP contribution in [0.25, 0.3) is 0 Å². The Labute approximate surface area is 175 Å². The van der Waals surface area contributed by atoms with Crippen LogP contribution < -0.4 is 0 Å². The third-order valence-corrected chi connectivity index (χ3v) is 6.94. The van der Waals surface area contributed by atoms with Gasteiger partial charge in [0, 0.05) is 11.6 Å². The lowest BCUT2D eigenvalue weighted by molar-refractivity contribution is 0.282. The summed E-state index contributed by atoms with van der Waals surface area (Å²) in [5.41, 5.74) is 0.997. The zero-order chi connectivity index (χ0) is 20.7. The van der Waals surface area contributed by atoms with Crippen LogP contribution >= 0.6 is 11.6 Å². The standard InChI is InChI=1S/C20H23ClN4O3S/c21-17-10-12-18(13-11-17)29(27,28)19(9-5-2-6-14-26)20-22-24-25(23-20)15-16-7-3-1-4-8-16/h1,3-4,7-8,10-13,19,26H,2,5-6,9,14-15H2. The summed E-state index contributed by atoms with van der Waals surface area (Å²) < 4.78 is 26.5. The predicted octanol–water partition coefficient (Wildman–Crippen LogP) is 3.44. The fourth-order valence-electron chi connectivity index (χ4n) is 3.03. The third kappa shape index (κ3) is 5.62. The molecule has 154 valence electrons. The summed E-state index contributed by atoms with van der Waals surface area (Å²) in [5, 5.41) is 21.0. The smallest absolute Gasteiger partial charge is 0.193 e. The second-order valence-corrected chi connectivity index (χ2v) is 9.29. The average Bonchev–Trinajstić information content (AvgIpc) is 3.16. The van der Waals surface area contributed by atoms with Crippen LogP contribution in [0.2, 0.25) is 5.02 Å². The highest BCUT2D eigenvalue weighted by Crippen LogP contribution is 2.32. The molecule has 2 aromatic carbocycles. The van der Waals surface area contributed by atoms with E-state index in [0.29, 0.717) is 30.8 Å². The molecular formula is C20H23ClN4O3S. The number of aliphatic hydroxyl groups excluding tert-OH is 1. The fourth-order valence-corrected chi connectivity index (χ4v) is 4.85. The van der Waals surface area contributed by atoms with Crippen molar-refractivity contribution >= 4 is 21.4 Å². The molecule has 0 bridgehead atoms. The highest BCUT2D eigenvalue weighted by Gasteiger charge is 2.32. The molecule has 0 aliphatic heterocycles. The molecule has 0 aliphatic rings. The first-order chi connectivity index (χ1) is 14.0. The van der Waals surface area contributed by atoms with Crippen molar-refractivity contribution in [3.8, 4) is 0 Å². The lowest BCUT2D eigenvalue weighted by atomic mass is 10.1. The van der Waals surface area contributed by atoms with E-state index in [1.165, 1.54) is 16.9 Å². The molecule has 0 saturated heterocycles. The molecule has 29 heavy (non-hydrogen) atoms. The summed E-state index contributed by atoms with van der Waals surface area (Å²) in [6, 6.07) is 15.7. The van der Waals surface area contributed by atoms with Crippen LogP contribution in [-0.2, 0) is 16.4 Å². The molecule has 0 aliphatic carbocycles. The van der Waals surface area contributed by atoms with E-state index < -0.39 is 15.1 Å². The molecule has 1 atom stereocenters. The van der Waals surface area contributed by atoms with E-state index in [0.717, 1.165) is 12.0 Å². The van der Waals surface area contributed by atoms with Gasteiger partial charge in [-0.3, -0.25) is 0 Å². The zero-order valence-electron chi connectivity index (χ0n) is 15.9. The monoisotopic (exact) mass is 434 g/mol. The van der Waals surface area contributed by atoms with Gasteiger partial charge in [-0.05, 0) is 47.9 Å². The molecule has 0 saturated carbocycles. The van der Waals surface area contributed by atoms with Gasteiger partial charge in [-0.15, -0.1) is 10.2 Å². The van der Waals surface area contributed by atoms with E-state index in [1.54, 1.807) is 12.1 Å². The molecule has 9 heteroatoms. The first kappa shape index (κ1) is 21.4. The molecule has 1 aromatic heterocycles. The number of unbranched alkanes of at least 4 members (excludes halogenated alkanes) is 2. The minimum absolute atomic E-state index is 0.0834. The molecule has 7 nitrogen and oxygen atoms in total. The number of aromatic nitrogens is 4. The van der Waals surface area contributed by atoms with E-state index in [-0.39, 0.29) is 17.3 Å². The lowest BCUT2D eigenvalue weighted by Crippen LogP contribution is -2.16. The van der Waals surface area contributed by atoms with Gasteiger partial charge >= 0.3 is 0 Å². The first-order valence-electron chi connectivity index (χ1n) is 9.42. The Morgan fingerprint density at radius 3 is 2.41 bits per heavy atom. The highest BCUT2D eigenvalue weighted by atomic mass is 35.5. The predicted molar refractivity (Wildman–Crippen MR) is 110 cm³/mol. The van der Waals surface area contributed by atoms with Crippen LogP contribution in [0.1, 0.15) is 42.3 Å². The van der Waals surface area contributed by atoms with Gasteiger partial charge in [0.15, 0.2) is 15.7 Å². The van der Waals surface area contributed by atoms with Crippen molar-refractivity contribution in [2.45, 2.75) is 42.4 Å². The lowest BCUT2D eigenvalue weighted by Gasteiger charge is -2.14. The summed E-state index contributed by atoms with van der Waals surface area (Å²) >= 11 is 5.90. The van der Waals surface area contributed by atoms with E-state index in [4.69, 9.17) is 16.7 Å². The van der Waals surface area contributed by atoms with Crippen LogP contribution in [0.5, 0.6) is 0 Å². The molecule has 1 heterocycles. The second-order valence-electron chi connectivity index (χ2n) is 6.72. The van der Waals surface area contributed by atoms with Crippen molar-refractivity contribution in [2.24, 2.45) is 0 Å². The Hall–Kier alpha value is -2.29. The summed E-state index contributed by atoms with van der Waals surface area (Å²) in [4.78, 5) is 1.58. The van der Waals surface area contributed by atoms with Crippen LogP contribution in [0.3, 0.4) is 0 Å². The third-order valence-electron chi connectivity index (χ3n) is 4.56. The quantitative estimate of drug-likeness (QED) is 0.491. The number of hydrogen-bond donors (Lipinski definition) is 1. The molecule has 0 radical (unpaired) electrons. The maximum Gasteiger partial charge on any atom is 0.193 e. The van der Waals surface area contributed by atoms with Gasteiger partial charge in [0.1, 0.15) is 5.25 Å². The van der Waals surface area contributed by atoms with Crippen molar-refractivity contribution in [3.63, 3.8) is 0 Å².